The fourth-order valence-corrected chi connectivity index (χ4v) is 4.59. The highest BCUT2D eigenvalue weighted by Crippen LogP contribution is 2.54. The van der Waals surface area contributed by atoms with Crippen LogP contribution in [0.3, 0.4) is 0 Å². The number of aromatic hydroxyl groups is 1. The molecule has 4 heteroatoms. The first kappa shape index (κ1) is 19.1. The van der Waals surface area contributed by atoms with Crippen molar-refractivity contribution in [3.63, 3.8) is 0 Å². The Morgan fingerprint density at radius 2 is 2.12 bits per heavy atom. The lowest BCUT2D eigenvalue weighted by Gasteiger charge is -2.47. The Balaban J connectivity index is 1.84. The molecule has 3 atom stereocenters. The minimum absolute atomic E-state index is 0.0334. The van der Waals surface area contributed by atoms with Gasteiger partial charge in [0.2, 0.25) is 0 Å². The van der Waals surface area contributed by atoms with E-state index in [1.54, 1.807) is 6.07 Å². The summed E-state index contributed by atoms with van der Waals surface area (Å²) in [6, 6.07) is 3.58. The molecular formula is C22H32O4. The summed E-state index contributed by atoms with van der Waals surface area (Å²) in [6.45, 7) is 8.42. The van der Waals surface area contributed by atoms with Gasteiger partial charge in [-0.3, -0.25) is 4.79 Å². The number of Topliss-reactive ketones (excluding diaryl/α,β-unsaturated/α-hetero) is 1. The van der Waals surface area contributed by atoms with Crippen LogP contribution in [0.4, 0.5) is 0 Å². The molecule has 1 aliphatic carbocycles. The zero-order chi connectivity index (χ0) is 18.9. The van der Waals surface area contributed by atoms with E-state index >= 15 is 0 Å². The van der Waals surface area contributed by atoms with Crippen molar-refractivity contribution in [3.05, 3.63) is 17.7 Å². The molecule has 26 heavy (non-hydrogen) atoms. The van der Waals surface area contributed by atoms with Crippen molar-refractivity contribution in [2.45, 2.75) is 90.3 Å². The molecule has 0 bridgehead atoms. The van der Waals surface area contributed by atoms with Crippen LogP contribution in [-0.4, -0.2) is 22.6 Å². The van der Waals surface area contributed by atoms with E-state index in [1.165, 1.54) is 12.8 Å². The van der Waals surface area contributed by atoms with Crippen molar-refractivity contribution in [1.82, 2.24) is 0 Å². The second-order valence-corrected chi connectivity index (χ2v) is 8.48. The van der Waals surface area contributed by atoms with E-state index in [-0.39, 0.29) is 35.1 Å². The summed E-state index contributed by atoms with van der Waals surface area (Å²) in [4.78, 5) is 12.0. The second kappa shape index (κ2) is 7.50. The third kappa shape index (κ3) is 3.84. The van der Waals surface area contributed by atoms with Crippen molar-refractivity contribution in [3.8, 4) is 17.2 Å². The van der Waals surface area contributed by atoms with Crippen LogP contribution in [0.1, 0.15) is 84.1 Å². The maximum atomic E-state index is 12.0. The van der Waals surface area contributed by atoms with Gasteiger partial charge in [0.15, 0.2) is 0 Å². The van der Waals surface area contributed by atoms with E-state index in [0.29, 0.717) is 24.3 Å². The lowest BCUT2D eigenvalue weighted by atomic mass is 9.66. The molecule has 1 aromatic rings. The van der Waals surface area contributed by atoms with Gasteiger partial charge in [-0.15, -0.1) is 0 Å². The highest BCUT2D eigenvalue weighted by atomic mass is 16.5. The number of ether oxygens (including phenoxy) is 2. The van der Waals surface area contributed by atoms with Gasteiger partial charge in [-0.25, -0.2) is 0 Å². The molecule has 1 aromatic carbocycles. The highest BCUT2D eigenvalue weighted by molar-refractivity contribution is 5.81. The van der Waals surface area contributed by atoms with Crippen LogP contribution >= 0.6 is 0 Å². The predicted molar refractivity (Wildman–Crippen MR) is 102 cm³/mol. The van der Waals surface area contributed by atoms with Gasteiger partial charge < -0.3 is 14.6 Å². The summed E-state index contributed by atoms with van der Waals surface area (Å²) >= 11 is 0. The number of benzene rings is 1. The number of fused-ring (bicyclic) bond motifs is 3. The van der Waals surface area contributed by atoms with E-state index in [1.807, 2.05) is 6.07 Å². The molecule has 1 saturated carbocycles. The normalized spacial score (nSPS) is 25.0. The van der Waals surface area contributed by atoms with Crippen LogP contribution in [0.2, 0.25) is 0 Å². The van der Waals surface area contributed by atoms with E-state index < -0.39 is 0 Å². The number of phenolic OH excluding ortho intramolecular Hbond substituents is 1. The Morgan fingerprint density at radius 1 is 1.35 bits per heavy atom. The summed E-state index contributed by atoms with van der Waals surface area (Å²) < 4.78 is 12.3. The fourth-order valence-electron chi connectivity index (χ4n) is 4.59. The van der Waals surface area contributed by atoms with Gasteiger partial charge in [-0.05, 0) is 40.0 Å². The molecule has 3 rings (SSSR count). The van der Waals surface area contributed by atoms with Crippen molar-refractivity contribution in [2.75, 3.05) is 0 Å². The number of hydrogen-bond acceptors (Lipinski definition) is 4. The smallest absolute Gasteiger partial charge is 0.133 e. The number of ketones is 1. The summed E-state index contributed by atoms with van der Waals surface area (Å²) in [5.41, 5.74) is 0.434. The first-order valence-corrected chi connectivity index (χ1v) is 10.1. The molecule has 1 fully saturated rings. The average molecular weight is 360 g/mol. The van der Waals surface area contributed by atoms with Crippen LogP contribution < -0.4 is 9.47 Å². The molecule has 144 valence electrons. The van der Waals surface area contributed by atoms with Crippen LogP contribution in [0.15, 0.2) is 12.1 Å². The van der Waals surface area contributed by atoms with Gasteiger partial charge in [0.05, 0.1) is 6.10 Å². The zero-order valence-electron chi connectivity index (χ0n) is 16.5. The van der Waals surface area contributed by atoms with E-state index in [0.717, 1.165) is 24.8 Å². The SMILES string of the molecule is CCCCCC(C)Oc1cc(O)c2c(c1)OC(C)(C)C1CCC(=O)CC21. The summed E-state index contributed by atoms with van der Waals surface area (Å²) in [6.07, 6.45) is 6.56. The summed E-state index contributed by atoms with van der Waals surface area (Å²) in [7, 11) is 0. The predicted octanol–water partition coefficient (Wildman–Crippen LogP) is 5.36. The third-order valence-electron chi connectivity index (χ3n) is 5.95. The molecule has 0 saturated heterocycles. The topological polar surface area (TPSA) is 55.8 Å². The maximum absolute atomic E-state index is 12.0. The number of phenols is 1. The number of rotatable bonds is 6. The fraction of sp³-hybridized carbons (Fsp3) is 0.682. The molecular weight excluding hydrogens is 328 g/mol. The van der Waals surface area contributed by atoms with Gasteiger partial charge in [-0.1, -0.05) is 19.8 Å². The van der Waals surface area contributed by atoms with Gasteiger partial charge >= 0.3 is 0 Å². The number of carbonyl (C=O) groups excluding carboxylic acids is 1. The zero-order valence-corrected chi connectivity index (χ0v) is 16.5. The number of hydrogen-bond donors (Lipinski definition) is 1. The standard InChI is InChI=1S/C22H32O4/c1-5-6-7-8-14(2)25-16-12-19(24)21-17-11-15(23)9-10-18(17)22(3,4)26-20(21)13-16/h12-14,17-18,24H,5-11H2,1-4H3. The Bertz CT molecular complexity index is 664. The van der Waals surface area contributed by atoms with E-state index in [2.05, 4.69) is 27.7 Å². The van der Waals surface area contributed by atoms with Gasteiger partial charge in [-0.2, -0.15) is 0 Å². The van der Waals surface area contributed by atoms with Crippen LogP contribution in [0.5, 0.6) is 17.2 Å². The lowest BCUT2D eigenvalue weighted by molar-refractivity contribution is -0.124. The van der Waals surface area contributed by atoms with E-state index in [9.17, 15) is 9.90 Å². The Hall–Kier alpha value is -1.71. The third-order valence-corrected chi connectivity index (χ3v) is 5.95. The largest absolute Gasteiger partial charge is 0.507 e. The second-order valence-electron chi connectivity index (χ2n) is 8.48. The average Bonchev–Trinajstić information content (AvgIpc) is 2.53. The molecule has 0 aromatic heterocycles. The van der Waals surface area contributed by atoms with Crippen molar-refractivity contribution in [2.24, 2.45) is 5.92 Å². The quantitative estimate of drug-likeness (QED) is 0.694. The molecule has 3 unspecified atom stereocenters. The van der Waals surface area contributed by atoms with Gasteiger partial charge in [0, 0.05) is 42.4 Å². The summed E-state index contributed by atoms with van der Waals surface area (Å²) in [5, 5.41) is 10.7. The highest BCUT2D eigenvalue weighted by Gasteiger charge is 2.47. The first-order valence-electron chi connectivity index (χ1n) is 10.1. The number of unbranched alkanes of at least 4 members (excludes halogenated alkanes) is 2. The lowest BCUT2D eigenvalue weighted by Crippen LogP contribution is -2.47. The molecule has 1 heterocycles. The van der Waals surface area contributed by atoms with Crippen LogP contribution in [-0.2, 0) is 4.79 Å². The van der Waals surface area contributed by atoms with Gasteiger partial charge in [0.1, 0.15) is 28.6 Å². The molecule has 1 aliphatic heterocycles. The van der Waals surface area contributed by atoms with Crippen molar-refractivity contribution in [1.29, 1.82) is 0 Å². The van der Waals surface area contributed by atoms with Crippen LogP contribution in [0, 0.1) is 5.92 Å². The molecule has 0 radical (unpaired) electrons. The van der Waals surface area contributed by atoms with Crippen molar-refractivity contribution >= 4 is 5.78 Å². The molecule has 0 spiro atoms. The van der Waals surface area contributed by atoms with Gasteiger partial charge in [0.25, 0.3) is 0 Å². The minimum Gasteiger partial charge on any atom is -0.507 e. The summed E-state index contributed by atoms with van der Waals surface area (Å²) in [5.74, 6) is 2.06. The Morgan fingerprint density at radius 3 is 2.85 bits per heavy atom. The first-order chi connectivity index (χ1) is 12.3. The van der Waals surface area contributed by atoms with Crippen molar-refractivity contribution < 1.29 is 19.4 Å². The Kier molecular flexibility index (Phi) is 5.50. The molecule has 4 nitrogen and oxygen atoms in total. The van der Waals surface area contributed by atoms with Crippen LogP contribution in [0.25, 0.3) is 0 Å². The minimum atomic E-state index is -0.351. The monoisotopic (exact) mass is 360 g/mol. The maximum Gasteiger partial charge on any atom is 0.133 e. The Labute approximate surface area is 156 Å². The molecule has 2 aliphatic rings. The number of carbonyl (C=O) groups is 1. The van der Waals surface area contributed by atoms with E-state index in [4.69, 9.17) is 9.47 Å². The molecule has 1 N–H and O–H groups in total. The molecule has 0 amide bonds.